The first-order valence-electron chi connectivity index (χ1n) is 9.06. The number of rotatable bonds is 2. The predicted octanol–water partition coefficient (Wildman–Crippen LogP) is 1.03. The zero-order chi connectivity index (χ0) is 19.1. The SMILES string of the molecule is O=C(c1ccc2n[nH]nc2c1)N1C[C@@H]2COC[C@H](C1)N(C(=O)c1cscn1)C2. The van der Waals surface area contributed by atoms with Crippen LogP contribution in [0.3, 0.4) is 0 Å². The average molecular weight is 398 g/mol. The normalized spacial score (nSPS) is 22.3. The van der Waals surface area contributed by atoms with E-state index in [0.29, 0.717) is 49.6 Å². The van der Waals surface area contributed by atoms with E-state index >= 15 is 0 Å². The molecule has 1 N–H and O–H groups in total. The van der Waals surface area contributed by atoms with E-state index < -0.39 is 0 Å². The molecule has 9 nitrogen and oxygen atoms in total. The highest BCUT2D eigenvalue weighted by Crippen LogP contribution is 2.23. The van der Waals surface area contributed by atoms with Crippen LogP contribution in [0.2, 0.25) is 0 Å². The van der Waals surface area contributed by atoms with Gasteiger partial charge in [0, 0.05) is 36.5 Å². The van der Waals surface area contributed by atoms with Gasteiger partial charge in [0.05, 0.1) is 24.8 Å². The molecule has 4 heterocycles. The van der Waals surface area contributed by atoms with Gasteiger partial charge in [0.2, 0.25) is 0 Å². The van der Waals surface area contributed by atoms with Crippen LogP contribution >= 0.6 is 11.3 Å². The van der Waals surface area contributed by atoms with E-state index in [9.17, 15) is 9.59 Å². The quantitative estimate of drug-likeness (QED) is 0.691. The molecule has 0 spiro atoms. The van der Waals surface area contributed by atoms with E-state index in [2.05, 4.69) is 20.4 Å². The second-order valence-electron chi connectivity index (χ2n) is 7.13. The predicted molar refractivity (Wildman–Crippen MR) is 101 cm³/mol. The second-order valence-corrected chi connectivity index (χ2v) is 7.84. The Morgan fingerprint density at radius 3 is 2.86 bits per heavy atom. The molecule has 2 fully saturated rings. The van der Waals surface area contributed by atoms with Gasteiger partial charge in [-0.1, -0.05) is 0 Å². The minimum Gasteiger partial charge on any atom is -0.379 e. The van der Waals surface area contributed by atoms with Gasteiger partial charge < -0.3 is 14.5 Å². The maximum absolute atomic E-state index is 13.2. The Hall–Kier alpha value is -2.85. The Balaban J connectivity index is 1.41. The summed E-state index contributed by atoms with van der Waals surface area (Å²) < 4.78 is 5.77. The Bertz CT molecular complexity index is 1020. The highest BCUT2D eigenvalue weighted by Gasteiger charge is 2.38. The Morgan fingerprint density at radius 1 is 1.11 bits per heavy atom. The van der Waals surface area contributed by atoms with Crippen molar-refractivity contribution >= 4 is 34.2 Å². The fraction of sp³-hybridized carbons (Fsp3) is 0.389. The van der Waals surface area contributed by atoms with Gasteiger partial charge in [-0.2, -0.15) is 15.4 Å². The number of carbonyl (C=O) groups is 2. The van der Waals surface area contributed by atoms with Crippen LogP contribution in [0, 0.1) is 5.92 Å². The summed E-state index contributed by atoms with van der Waals surface area (Å²) >= 11 is 1.40. The minimum absolute atomic E-state index is 0.0646. The highest BCUT2D eigenvalue weighted by molar-refractivity contribution is 7.07. The summed E-state index contributed by atoms with van der Waals surface area (Å²) in [5, 5.41) is 12.4. The first-order chi connectivity index (χ1) is 13.7. The van der Waals surface area contributed by atoms with Gasteiger partial charge in [-0.05, 0) is 18.2 Å². The number of ether oxygens (including phenoxy) is 1. The molecule has 0 saturated carbocycles. The first-order valence-corrected chi connectivity index (χ1v) is 10.00. The smallest absolute Gasteiger partial charge is 0.273 e. The monoisotopic (exact) mass is 398 g/mol. The number of hydrogen-bond acceptors (Lipinski definition) is 7. The number of nitrogens with one attached hydrogen (secondary N) is 1. The third-order valence-electron chi connectivity index (χ3n) is 5.23. The fourth-order valence-electron chi connectivity index (χ4n) is 3.88. The van der Waals surface area contributed by atoms with Crippen LogP contribution in [0.1, 0.15) is 20.8 Å². The van der Waals surface area contributed by atoms with Crippen molar-refractivity contribution in [3.63, 3.8) is 0 Å². The van der Waals surface area contributed by atoms with Crippen molar-refractivity contribution < 1.29 is 14.3 Å². The number of nitrogens with zero attached hydrogens (tertiary/aromatic N) is 5. The van der Waals surface area contributed by atoms with Gasteiger partial charge in [-0.3, -0.25) is 9.59 Å². The molecule has 2 amide bonds. The van der Waals surface area contributed by atoms with Gasteiger partial charge in [-0.15, -0.1) is 11.3 Å². The number of hydrogen-bond donors (Lipinski definition) is 1. The summed E-state index contributed by atoms with van der Waals surface area (Å²) in [5.41, 5.74) is 4.05. The number of fused-ring (bicyclic) bond motifs is 4. The second kappa shape index (κ2) is 6.95. The molecular formula is C18H18N6O3S. The lowest BCUT2D eigenvalue weighted by atomic mass is 10.1. The van der Waals surface area contributed by atoms with E-state index in [1.165, 1.54) is 11.3 Å². The first kappa shape index (κ1) is 17.3. The van der Waals surface area contributed by atoms with E-state index in [4.69, 9.17) is 4.74 Å². The van der Waals surface area contributed by atoms with Crippen molar-refractivity contribution in [3.8, 4) is 0 Å². The molecule has 0 radical (unpaired) electrons. The number of H-pyrrole nitrogens is 1. The molecule has 1 aromatic carbocycles. The van der Waals surface area contributed by atoms with E-state index in [-0.39, 0.29) is 23.8 Å². The van der Waals surface area contributed by atoms with Crippen molar-refractivity contribution in [2.24, 2.45) is 5.92 Å². The van der Waals surface area contributed by atoms with Gasteiger partial charge in [0.1, 0.15) is 16.7 Å². The van der Waals surface area contributed by atoms with Crippen LogP contribution in [0.25, 0.3) is 11.0 Å². The lowest BCUT2D eigenvalue weighted by Crippen LogP contribution is -2.47. The van der Waals surface area contributed by atoms with Crippen LogP contribution in [-0.2, 0) is 4.74 Å². The van der Waals surface area contributed by atoms with Crippen molar-refractivity contribution in [3.05, 3.63) is 40.3 Å². The van der Waals surface area contributed by atoms with Crippen LogP contribution in [0.15, 0.2) is 29.1 Å². The Kier molecular flexibility index (Phi) is 4.29. The van der Waals surface area contributed by atoms with Crippen molar-refractivity contribution in [2.45, 2.75) is 6.04 Å². The van der Waals surface area contributed by atoms with E-state index in [1.54, 1.807) is 29.1 Å². The number of carbonyl (C=O) groups excluding carboxylic acids is 2. The van der Waals surface area contributed by atoms with Gasteiger partial charge >= 0.3 is 0 Å². The van der Waals surface area contributed by atoms with Crippen molar-refractivity contribution in [1.29, 1.82) is 0 Å². The molecule has 10 heteroatoms. The van der Waals surface area contributed by atoms with E-state index in [1.807, 2.05) is 9.80 Å². The lowest BCUT2D eigenvalue weighted by molar-refractivity contribution is 0.0379. The fourth-order valence-corrected chi connectivity index (χ4v) is 4.40. The van der Waals surface area contributed by atoms with Gasteiger partial charge in [-0.25, -0.2) is 4.98 Å². The van der Waals surface area contributed by atoms with Crippen LogP contribution < -0.4 is 0 Å². The number of amides is 2. The molecule has 144 valence electrons. The maximum atomic E-state index is 13.2. The van der Waals surface area contributed by atoms with Crippen LogP contribution in [0.5, 0.6) is 0 Å². The molecule has 2 aliphatic rings. The highest BCUT2D eigenvalue weighted by atomic mass is 32.1. The topological polar surface area (TPSA) is 104 Å². The largest absolute Gasteiger partial charge is 0.379 e. The molecule has 3 aromatic rings. The third kappa shape index (κ3) is 3.04. The summed E-state index contributed by atoms with van der Waals surface area (Å²) in [6.07, 6.45) is 0. The zero-order valence-corrected chi connectivity index (χ0v) is 15.8. The molecule has 0 aliphatic carbocycles. The number of thiazole rings is 1. The molecule has 2 saturated heterocycles. The minimum atomic E-state index is -0.193. The summed E-state index contributed by atoms with van der Waals surface area (Å²) in [6, 6.07) is 5.10. The molecule has 0 unspecified atom stereocenters. The molecule has 28 heavy (non-hydrogen) atoms. The van der Waals surface area contributed by atoms with Crippen LogP contribution in [0.4, 0.5) is 0 Å². The number of aromatic nitrogens is 4. The van der Waals surface area contributed by atoms with Crippen molar-refractivity contribution in [2.75, 3.05) is 32.8 Å². The molecule has 2 atom stereocenters. The molecular weight excluding hydrogens is 380 g/mol. The van der Waals surface area contributed by atoms with E-state index in [0.717, 1.165) is 5.52 Å². The zero-order valence-electron chi connectivity index (χ0n) is 14.9. The molecule has 2 aromatic heterocycles. The summed E-state index contributed by atoms with van der Waals surface area (Å²) in [7, 11) is 0. The average Bonchev–Trinajstić information content (AvgIpc) is 3.31. The molecule has 5 rings (SSSR count). The lowest BCUT2D eigenvalue weighted by Gasteiger charge is -2.31. The maximum Gasteiger partial charge on any atom is 0.273 e. The van der Waals surface area contributed by atoms with Gasteiger partial charge in [0.25, 0.3) is 11.8 Å². The van der Waals surface area contributed by atoms with Gasteiger partial charge in [0.15, 0.2) is 0 Å². The molecule has 2 bridgehead atoms. The Morgan fingerprint density at radius 2 is 2.00 bits per heavy atom. The summed E-state index contributed by atoms with van der Waals surface area (Å²) in [6.45, 7) is 2.49. The number of benzene rings is 1. The standard InChI is InChI=1S/C18H18N6O3S/c25-17(12-1-2-14-15(3-12)21-22-20-14)23-4-11-5-24(13(6-23)8-27-7-11)18(26)16-9-28-10-19-16/h1-3,9-11,13H,4-8H2,(H,20,21,22)/t11-,13-/m0/s1. The Labute approximate surface area is 164 Å². The third-order valence-corrected chi connectivity index (χ3v) is 5.82. The summed E-state index contributed by atoms with van der Waals surface area (Å²) in [5.74, 6) is -0.0976. The summed E-state index contributed by atoms with van der Waals surface area (Å²) in [4.78, 5) is 33.9. The molecule has 2 aliphatic heterocycles. The van der Waals surface area contributed by atoms with Crippen molar-refractivity contribution in [1.82, 2.24) is 30.2 Å². The van der Waals surface area contributed by atoms with Crippen LogP contribution in [-0.4, -0.2) is 80.9 Å². The number of aromatic amines is 1.